The Labute approximate surface area is 115 Å². The molecule has 0 bridgehead atoms. The Hall–Kier alpha value is -1.39. The third-order valence-electron chi connectivity index (χ3n) is 2.81. The largest absolute Gasteiger partial charge is 0.398 e. The standard InChI is InChI=1S/C14H15BrN2O/c15-13-4-2-1-3-10(13)7-12(18)8-11-9-17-6-5-14(11)16/h1-6,9,12,18H,7-8H2,(H2,16,17). The number of rotatable bonds is 4. The van der Waals surface area contributed by atoms with Crippen molar-refractivity contribution in [3.8, 4) is 0 Å². The molecular weight excluding hydrogens is 292 g/mol. The molecule has 1 aromatic heterocycles. The van der Waals surface area contributed by atoms with Gasteiger partial charge in [0.2, 0.25) is 0 Å². The summed E-state index contributed by atoms with van der Waals surface area (Å²) in [6.07, 6.45) is 4.00. The van der Waals surface area contributed by atoms with E-state index in [2.05, 4.69) is 20.9 Å². The normalized spacial score (nSPS) is 12.3. The van der Waals surface area contributed by atoms with Gasteiger partial charge in [-0.05, 0) is 29.7 Å². The number of aliphatic hydroxyl groups excluding tert-OH is 1. The Morgan fingerprint density at radius 2 is 1.89 bits per heavy atom. The molecule has 2 rings (SSSR count). The van der Waals surface area contributed by atoms with E-state index >= 15 is 0 Å². The minimum Gasteiger partial charge on any atom is -0.398 e. The summed E-state index contributed by atoms with van der Waals surface area (Å²) in [6, 6.07) is 9.64. The van der Waals surface area contributed by atoms with Crippen molar-refractivity contribution in [2.24, 2.45) is 0 Å². The van der Waals surface area contributed by atoms with Gasteiger partial charge in [0.15, 0.2) is 0 Å². The molecule has 0 radical (unpaired) electrons. The van der Waals surface area contributed by atoms with Gasteiger partial charge in [-0.1, -0.05) is 34.1 Å². The number of nitrogens with two attached hydrogens (primary N) is 1. The molecule has 3 N–H and O–H groups in total. The Morgan fingerprint density at radius 1 is 1.17 bits per heavy atom. The highest BCUT2D eigenvalue weighted by Crippen LogP contribution is 2.19. The summed E-state index contributed by atoms with van der Waals surface area (Å²) in [7, 11) is 0. The van der Waals surface area contributed by atoms with Crippen molar-refractivity contribution >= 4 is 21.6 Å². The van der Waals surface area contributed by atoms with Gasteiger partial charge < -0.3 is 10.8 Å². The summed E-state index contributed by atoms with van der Waals surface area (Å²) in [5, 5.41) is 10.1. The molecular formula is C14H15BrN2O. The summed E-state index contributed by atoms with van der Waals surface area (Å²) in [6.45, 7) is 0. The topological polar surface area (TPSA) is 59.1 Å². The van der Waals surface area contributed by atoms with E-state index in [0.717, 1.165) is 15.6 Å². The first-order valence-corrected chi connectivity index (χ1v) is 6.56. The first-order chi connectivity index (χ1) is 8.66. The maximum absolute atomic E-state index is 10.1. The Morgan fingerprint density at radius 3 is 2.61 bits per heavy atom. The smallest absolute Gasteiger partial charge is 0.0622 e. The highest BCUT2D eigenvalue weighted by Gasteiger charge is 2.10. The first-order valence-electron chi connectivity index (χ1n) is 5.76. The molecule has 94 valence electrons. The van der Waals surface area contributed by atoms with Gasteiger partial charge in [-0.25, -0.2) is 0 Å². The van der Waals surface area contributed by atoms with E-state index in [0.29, 0.717) is 18.5 Å². The van der Waals surface area contributed by atoms with E-state index in [-0.39, 0.29) is 0 Å². The molecule has 4 heteroatoms. The molecule has 0 saturated carbocycles. The zero-order chi connectivity index (χ0) is 13.0. The van der Waals surface area contributed by atoms with Crippen LogP contribution in [-0.4, -0.2) is 16.2 Å². The second-order valence-electron chi connectivity index (χ2n) is 4.23. The molecule has 0 saturated heterocycles. The fourth-order valence-corrected chi connectivity index (χ4v) is 2.30. The number of halogens is 1. The van der Waals surface area contributed by atoms with E-state index in [1.807, 2.05) is 24.3 Å². The number of anilines is 1. The molecule has 0 amide bonds. The van der Waals surface area contributed by atoms with Crippen LogP contribution in [0.15, 0.2) is 47.2 Å². The molecule has 0 aliphatic heterocycles. The summed E-state index contributed by atoms with van der Waals surface area (Å²) >= 11 is 3.48. The third-order valence-corrected chi connectivity index (χ3v) is 3.58. The number of hydrogen-bond acceptors (Lipinski definition) is 3. The predicted molar refractivity (Wildman–Crippen MR) is 76.2 cm³/mol. The zero-order valence-electron chi connectivity index (χ0n) is 9.88. The predicted octanol–water partition coefficient (Wildman–Crippen LogP) is 2.57. The van der Waals surface area contributed by atoms with Crippen molar-refractivity contribution in [1.29, 1.82) is 0 Å². The van der Waals surface area contributed by atoms with Crippen molar-refractivity contribution in [1.82, 2.24) is 4.98 Å². The third kappa shape index (κ3) is 3.31. The summed E-state index contributed by atoms with van der Waals surface area (Å²) in [5.41, 5.74) is 8.49. The first kappa shape index (κ1) is 13.1. The molecule has 1 aromatic carbocycles. The minimum atomic E-state index is -0.463. The number of benzene rings is 1. The minimum absolute atomic E-state index is 0.463. The Balaban J connectivity index is 2.04. The number of nitrogens with zero attached hydrogens (tertiary/aromatic N) is 1. The Bertz CT molecular complexity index is 483. The lowest BCUT2D eigenvalue weighted by Crippen LogP contribution is -2.15. The lowest BCUT2D eigenvalue weighted by atomic mass is 10.0. The molecule has 1 heterocycles. The molecule has 1 atom stereocenters. The van der Waals surface area contributed by atoms with E-state index in [9.17, 15) is 5.11 Å². The van der Waals surface area contributed by atoms with Crippen LogP contribution in [0.4, 0.5) is 5.69 Å². The monoisotopic (exact) mass is 306 g/mol. The molecule has 18 heavy (non-hydrogen) atoms. The van der Waals surface area contributed by atoms with Crippen LogP contribution in [0.5, 0.6) is 0 Å². The van der Waals surface area contributed by atoms with Gasteiger partial charge >= 0.3 is 0 Å². The van der Waals surface area contributed by atoms with Crippen LogP contribution in [-0.2, 0) is 12.8 Å². The van der Waals surface area contributed by atoms with Crippen LogP contribution >= 0.6 is 15.9 Å². The SMILES string of the molecule is Nc1ccncc1CC(O)Cc1ccccc1Br. The quantitative estimate of drug-likeness (QED) is 0.912. The number of pyridine rings is 1. The number of aliphatic hydroxyl groups is 1. The average molecular weight is 307 g/mol. The molecule has 0 spiro atoms. The van der Waals surface area contributed by atoms with Crippen LogP contribution in [0.2, 0.25) is 0 Å². The highest BCUT2D eigenvalue weighted by atomic mass is 79.9. The molecule has 1 unspecified atom stereocenters. The zero-order valence-corrected chi connectivity index (χ0v) is 11.5. The summed E-state index contributed by atoms with van der Waals surface area (Å²) < 4.78 is 1.02. The van der Waals surface area contributed by atoms with Gasteiger partial charge in [0.25, 0.3) is 0 Å². The van der Waals surface area contributed by atoms with Crippen molar-refractivity contribution in [2.75, 3.05) is 5.73 Å². The van der Waals surface area contributed by atoms with Gasteiger partial charge in [0, 0.05) is 29.0 Å². The van der Waals surface area contributed by atoms with Crippen molar-refractivity contribution < 1.29 is 5.11 Å². The van der Waals surface area contributed by atoms with E-state index in [1.54, 1.807) is 18.5 Å². The van der Waals surface area contributed by atoms with Gasteiger partial charge in [0.1, 0.15) is 0 Å². The van der Waals surface area contributed by atoms with Gasteiger partial charge in [-0.3, -0.25) is 4.98 Å². The van der Waals surface area contributed by atoms with E-state index in [4.69, 9.17) is 5.73 Å². The summed E-state index contributed by atoms with van der Waals surface area (Å²) in [5.74, 6) is 0. The van der Waals surface area contributed by atoms with Crippen molar-refractivity contribution in [2.45, 2.75) is 18.9 Å². The van der Waals surface area contributed by atoms with Crippen LogP contribution in [0.1, 0.15) is 11.1 Å². The maximum Gasteiger partial charge on any atom is 0.0622 e. The van der Waals surface area contributed by atoms with Crippen molar-refractivity contribution in [3.05, 3.63) is 58.3 Å². The van der Waals surface area contributed by atoms with Gasteiger partial charge in [-0.15, -0.1) is 0 Å². The number of hydrogen-bond donors (Lipinski definition) is 2. The summed E-state index contributed by atoms with van der Waals surface area (Å²) in [4.78, 5) is 4.02. The average Bonchev–Trinajstić information content (AvgIpc) is 2.35. The maximum atomic E-state index is 10.1. The second-order valence-corrected chi connectivity index (χ2v) is 5.08. The molecule has 0 aliphatic carbocycles. The van der Waals surface area contributed by atoms with Gasteiger partial charge in [0.05, 0.1) is 6.10 Å². The molecule has 0 aliphatic rings. The lowest BCUT2D eigenvalue weighted by molar-refractivity contribution is 0.175. The van der Waals surface area contributed by atoms with Gasteiger partial charge in [-0.2, -0.15) is 0 Å². The number of aromatic nitrogens is 1. The molecule has 3 nitrogen and oxygen atoms in total. The lowest BCUT2D eigenvalue weighted by Gasteiger charge is -2.13. The Kier molecular flexibility index (Phi) is 4.33. The van der Waals surface area contributed by atoms with E-state index in [1.165, 1.54) is 0 Å². The van der Waals surface area contributed by atoms with Crippen LogP contribution < -0.4 is 5.73 Å². The molecule has 2 aromatic rings. The van der Waals surface area contributed by atoms with Crippen LogP contribution in [0.25, 0.3) is 0 Å². The number of nitrogen functional groups attached to an aromatic ring is 1. The van der Waals surface area contributed by atoms with E-state index < -0.39 is 6.10 Å². The fraction of sp³-hybridized carbons (Fsp3) is 0.214. The van der Waals surface area contributed by atoms with Crippen LogP contribution in [0.3, 0.4) is 0 Å². The fourth-order valence-electron chi connectivity index (χ4n) is 1.85. The second kappa shape index (κ2) is 5.98. The van der Waals surface area contributed by atoms with Crippen LogP contribution in [0, 0.1) is 0 Å². The molecule has 0 fully saturated rings. The highest BCUT2D eigenvalue weighted by molar-refractivity contribution is 9.10. The van der Waals surface area contributed by atoms with Crippen molar-refractivity contribution in [3.63, 3.8) is 0 Å².